The number of likely N-dealkylation sites (N-methyl/N-ethyl adjacent to an activating group) is 1. The fourth-order valence-corrected chi connectivity index (χ4v) is 3.21. The summed E-state index contributed by atoms with van der Waals surface area (Å²) in [6.45, 7) is 2.07. The number of hydrogen-bond donors (Lipinski definition) is 1. The van der Waals surface area contributed by atoms with Gasteiger partial charge in [-0.1, -0.05) is 29.8 Å². The van der Waals surface area contributed by atoms with Crippen LogP contribution in [0.3, 0.4) is 0 Å². The Morgan fingerprint density at radius 2 is 1.62 bits per heavy atom. The van der Waals surface area contributed by atoms with Crippen LogP contribution in [0.4, 0.5) is 0 Å². The molecule has 114 valence electrons. The molecule has 1 aromatic carbocycles. The summed E-state index contributed by atoms with van der Waals surface area (Å²) < 4.78 is 0. The predicted molar refractivity (Wildman–Crippen MR) is 85.0 cm³/mol. The molecule has 0 spiro atoms. The normalized spacial score (nSPS) is 19.9. The molecule has 0 radical (unpaired) electrons. The molecule has 2 aliphatic carbocycles. The second kappa shape index (κ2) is 5.80. The number of aryl methyl sites for hydroxylation is 1. The lowest BCUT2D eigenvalue weighted by Gasteiger charge is -2.27. The van der Waals surface area contributed by atoms with Crippen LogP contribution in [-0.2, 0) is 4.79 Å². The SMILES string of the molecule is Cc1ccc(C(C(=O)NC(C2CC2)C2CC2)N(C)C)cc1. The Hall–Kier alpha value is -1.35. The van der Waals surface area contributed by atoms with Gasteiger partial charge in [-0.05, 0) is 64.1 Å². The number of hydrogen-bond acceptors (Lipinski definition) is 2. The zero-order chi connectivity index (χ0) is 15.0. The lowest BCUT2D eigenvalue weighted by molar-refractivity contribution is -0.126. The molecule has 0 heterocycles. The molecular formula is C18H26N2O. The Morgan fingerprint density at radius 3 is 2.05 bits per heavy atom. The minimum Gasteiger partial charge on any atom is -0.351 e. The van der Waals surface area contributed by atoms with Gasteiger partial charge in [-0.3, -0.25) is 9.69 Å². The van der Waals surface area contributed by atoms with E-state index >= 15 is 0 Å². The number of nitrogens with zero attached hydrogens (tertiary/aromatic N) is 1. The van der Waals surface area contributed by atoms with Crippen molar-refractivity contribution in [3.05, 3.63) is 35.4 Å². The van der Waals surface area contributed by atoms with E-state index in [9.17, 15) is 4.79 Å². The highest BCUT2D eigenvalue weighted by Crippen LogP contribution is 2.44. The molecule has 0 aromatic heterocycles. The van der Waals surface area contributed by atoms with Crippen molar-refractivity contribution < 1.29 is 4.79 Å². The standard InChI is InChI=1S/C18H26N2O/c1-12-4-6-15(7-5-12)17(20(2)3)18(21)19-16(13-8-9-13)14-10-11-14/h4-7,13-14,16-17H,8-11H2,1-3H3,(H,19,21). The first kappa shape index (κ1) is 14.6. The average Bonchev–Trinajstić information content (AvgIpc) is 3.31. The van der Waals surface area contributed by atoms with E-state index in [1.54, 1.807) is 0 Å². The molecule has 3 heteroatoms. The zero-order valence-electron chi connectivity index (χ0n) is 13.3. The molecule has 2 aliphatic rings. The van der Waals surface area contributed by atoms with Gasteiger partial charge in [0.05, 0.1) is 0 Å². The van der Waals surface area contributed by atoms with E-state index in [1.165, 1.54) is 31.2 Å². The van der Waals surface area contributed by atoms with E-state index in [-0.39, 0.29) is 11.9 Å². The molecule has 2 saturated carbocycles. The van der Waals surface area contributed by atoms with Crippen molar-refractivity contribution in [3.8, 4) is 0 Å². The molecular weight excluding hydrogens is 260 g/mol. The molecule has 1 N–H and O–H groups in total. The fourth-order valence-electron chi connectivity index (χ4n) is 3.21. The Kier molecular flexibility index (Phi) is 4.03. The Morgan fingerprint density at radius 1 is 1.10 bits per heavy atom. The summed E-state index contributed by atoms with van der Waals surface area (Å²) in [7, 11) is 3.96. The summed E-state index contributed by atoms with van der Waals surface area (Å²) in [5.74, 6) is 1.64. The molecule has 21 heavy (non-hydrogen) atoms. The number of carbonyl (C=O) groups excluding carboxylic acids is 1. The zero-order valence-corrected chi connectivity index (χ0v) is 13.3. The third kappa shape index (κ3) is 3.46. The van der Waals surface area contributed by atoms with Crippen molar-refractivity contribution in [1.82, 2.24) is 10.2 Å². The van der Waals surface area contributed by atoms with Crippen molar-refractivity contribution in [3.63, 3.8) is 0 Å². The quantitative estimate of drug-likeness (QED) is 0.872. The third-order valence-corrected chi connectivity index (χ3v) is 4.73. The second-order valence-corrected chi connectivity index (χ2v) is 6.99. The van der Waals surface area contributed by atoms with Gasteiger partial charge >= 0.3 is 0 Å². The molecule has 3 nitrogen and oxygen atoms in total. The maximum Gasteiger partial charge on any atom is 0.242 e. The number of amides is 1. The van der Waals surface area contributed by atoms with Crippen LogP contribution in [-0.4, -0.2) is 30.9 Å². The van der Waals surface area contributed by atoms with E-state index in [0.717, 1.165) is 17.4 Å². The van der Waals surface area contributed by atoms with Crippen molar-refractivity contribution in [2.45, 2.75) is 44.7 Å². The highest BCUT2D eigenvalue weighted by atomic mass is 16.2. The Bertz CT molecular complexity index is 488. The molecule has 0 bridgehead atoms. The van der Waals surface area contributed by atoms with Crippen LogP contribution in [0.25, 0.3) is 0 Å². The minimum absolute atomic E-state index is 0.160. The molecule has 1 atom stereocenters. The maximum atomic E-state index is 12.8. The number of nitrogens with one attached hydrogen (secondary N) is 1. The van der Waals surface area contributed by atoms with Gasteiger partial charge in [0.15, 0.2) is 0 Å². The summed E-state index contributed by atoms with van der Waals surface area (Å²) in [5, 5.41) is 3.35. The first-order chi connectivity index (χ1) is 10.1. The van der Waals surface area contributed by atoms with Gasteiger partial charge in [-0.15, -0.1) is 0 Å². The van der Waals surface area contributed by atoms with Crippen molar-refractivity contribution in [1.29, 1.82) is 0 Å². The minimum atomic E-state index is -0.189. The molecule has 3 rings (SSSR count). The summed E-state index contributed by atoms with van der Waals surface area (Å²) in [6, 6.07) is 8.54. The predicted octanol–water partition coefficient (Wildman–Crippen LogP) is 2.90. The molecule has 0 aliphatic heterocycles. The topological polar surface area (TPSA) is 32.3 Å². The van der Waals surface area contributed by atoms with Crippen LogP contribution >= 0.6 is 0 Å². The van der Waals surface area contributed by atoms with E-state index in [1.807, 2.05) is 19.0 Å². The average molecular weight is 286 g/mol. The van der Waals surface area contributed by atoms with Crippen molar-refractivity contribution >= 4 is 5.91 Å². The fraction of sp³-hybridized carbons (Fsp3) is 0.611. The monoisotopic (exact) mass is 286 g/mol. The molecule has 2 fully saturated rings. The van der Waals surface area contributed by atoms with Gasteiger partial charge in [0.25, 0.3) is 0 Å². The van der Waals surface area contributed by atoms with Gasteiger partial charge in [0, 0.05) is 6.04 Å². The lowest BCUT2D eigenvalue weighted by Crippen LogP contribution is -2.44. The van der Waals surface area contributed by atoms with Crippen LogP contribution in [0.5, 0.6) is 0 Å². The van der Waals surface area contributed by atoms with Gasteiger partial charge in [-0.2, -0.15) is 0 Å². The van der Waals surface area contributed by atoms with Crippen LogP contribution in [0, 0.1) is 18.8 Å². The van der Waals surface area contributed by atoms with Crippen molar-refractivity contribution in [2.75, 3.05) is 14.1 Å². The molecule has 0 saturated heterocycles. The summed E-state index contributed by atoms with van der Waals surface area (Å²) in [4.78, 5) is 14.8. The maximum absolute atomic E-state index is 12.8. The summed E-state index contributed by atoms with van der Waals surface area (Å²) in [6.07, 6.45) is 5.16. The first-order valence-corrected chi connectivity index (χ1v) is 8.09. The van der Waals surface area contributed by atoms with E-state index in [0.29, 0.717) is 6.04 Å². The van der Waals surface area contributed by atoms with Crippen LogP contribution in [0.1, 0.15) is 42.9 Å². The van der Waals surface area contributed by atoms with Crippen LogP contribution in [0.2, 0.25) is 0 Å². The lowest BCUT2D eigenvalue weighted by atomic mass is 10.0. The number of benzene rings is 1. The highest BCUT2D eigenvalue weighted by Gasteiger charge is 2.43. The van der Waals surface area contributed by atoms with Gasteiger partial charge in [0.2, 0.25) is 5.91 Å². The highest BCUT2D eigenvalue weighted by molar-refractivity contribution is 5.83. The number of rotatable bonds is 6. The van der Waals surface area contributed by atoms with E-state index in [4.69, 9.17) is 0 Å². The second-order valence-electron chi connectivity index (χ2n) is 6.99. The van der Waals surface area contributed by atoms with Gasteiger partial charge < -0.3 is 5.32 Å². The summed E-state index contributed by atoms with van der Waals surface area (Å²) in [5.41, 5.74) is 2.30. The van der Waals surface area contributed by atoms with Crippen LogP contribution < -0.4 is 5.32 Å². The first-order valence-electron chi connectivity index (χ1n) is 8.09. The van der Waals surface area contributed by atoms with Gasteiger partial charge in [-0.25, -0.2) is 0 Å². The van der Waals surface area contributed by atoms with Gasteiger partial charge in [0.1, 0.15) is 6.04 Å². The van der Waals surface area contributed by atoms with Crippen LogP contribution in [0.15, 0.2) is 24.3 Å². The van der Waals surface area contributed by atoms with E-state index < -0.39 is 0 Å². The largest absolute Gasteiger partial charge is 0.351 e. The summed E-state index contributed by atoms with van der Waals surface area (Å²) >= 11 is 0. The Balaban J connectivity index is 1.73. The number of carbonyl (C=O) groups is 1. The van der Waals surface area contributed by atoms with Crippen molar-refractivity contribution in [2.24, 2.45) is 11.8 Å². The Labute approximate surface area is 127 Å². The molecule has 1 amide bonds. The van der Waals surface area contributed by atoms with E-state index in [2.05, 4.69) is 36.5 Å². The third-order valence-electron chi connectivity index (χ3n) is 4.73. The smallest absolute Gasteiger partial charge is 0.242 e. The molecule has 1 unspecified atom stereocenters. The molecule has 1 aromatic rings.